The quantitative estimate of drug-likeness (QED) is 0.456. The van der Waals surface area contributed by atoms with E-state index in [0.29, 0.717) is 45.3 Å². The molecule has 1 amide bonds. The summed E-state index contributed by atoms with van der Waals surface area (Å²) >= 11 is 6.21. The van der Waals surface area contributed by atoms with Crippen molar-refractivity contribution >= 4 is 28.8 Å². The van der Waals surface area contributed by atoms with E-state index in [1.165, 1.54) is 10.7 Å². The van der Waals surface area contributed by atoms with Crippen molar-refractivity contribution in [3.8, 4) is 17.0 Å². The summed E-state index contributed by atoms with van der Waals surface area (Å²) in [5.41, 5.74) is 2.30. The molecule has 160 valence electrons. The largest absolute Gasteiger partial charge is 0.496 e. The van der Waals surface area contributed by atoms with Gasteiger partial charge in [0.2, 0.25) is 0 Å². The van der Waals surface area contributed by atoms with Crippen LogP contribution < -0.4 is 10.1 Å². The Morgan fingerprint density at radius 3 is 3.00 bits per heavy atom. The highest BCUT2D eigenvalue weighted by Crippen LogP contribution is 2.36. The monoisotopic (exact) mass is 440 g/mol. The number of anilines is 1. The standard InChI is InChI=1S/C21H21ClN6O3/c1-3-14(29)11-27-12-17(19(26-27)15-9-13(22)5-6-18(15)31-2)25-21(30)16-10-24-28-8-4-7-23-20(16)28/h4-10,12,14,29H,3,11H2,1-2H3,(H,25,30). The van der Waals surface area contributed by atoms with Crippen LogP contribution in [0.1, 0.15) is 23.7 Å². The van der Waals surface area contributed by atoms with E-state index in [1.54, 1.807) is 54.6 Å². The van der Waals surface area contributed by atoms with E-state index in [4.69, 9.17) is 16.3 Å². The Labute approximate surface area is 183 Å². The van der Waals surface area contributed by atoms with E-state index in [9.17, 15) is 9.90 Å². The number of carbonyl (C=O) groups is 1. The molecular formula is C21H21ClN6O3. The second-order valence-electron chi connectivity index (χ2n) is 6.92. The Kier molecular flexibility index (Phi) is 5.88. The molecule has 0 spiro atoms. The van der Waals surface area contributed by atoms with Crippen molar-refractivity contribution in [1.29, 1.82) is 0 Å². The van der Waals surface area contributed by atoms with Crippen LogP contribution in [0.2, 0.25) is 5.02 Å². The summed E-state index contributed by atoms with van der Waals surface area (Å²) in [6.45, 7) is 2.16. The Morgan fingerprint density at radius 1 is 1.39 bits per heavy atom. The van der Waals surface area contributed by atoms with Crippen LogP contribution in [0.4, 0.5) is 5.69 Å². The number of aliphatic hydroxyl groups is 1. The molecule has 0 fully saturated rings. The summed E-state index contributed by atoms with van der Waals surface area (Å²) < 4.78 is 8.58. The third-order valence-corrected chi connectivity index (χ3v) is 5.05. The number of aliphatic hydroxyl groups excluding tert-OH is 1. The minimum atomic E-state index is -0.568. The first-order chi connectivity index (χ1) is 15.0. The highest BCUT2D eigenvalue weighted by atomic mass is 35.5. The number of ether oxygens (including phenoxy) is 1. The molecule has 0 bridgehead atoms. The number of hydrogen-bond acceptors (Lipinski definition) is 6. The highest BCUT2D eigenvalue weighted by Gasteiger charge is 2.21. The molecule has 0 saturated heterocycles. The predicted octanol–water partition coefficient (Wildman–Crippen LogP) is 3.28. The Morgan fingerprint density at radius 2 is 2.23 bits per heavy atom. The fraction of sp³-hybridized carbons (Fsp3) is 0.238. The lowest BCUT2D eigenvalue weighted by molar-refractivity contribution is 0.102. The third kappa shape index (κ3) is 4.23. The number of halogens is 1. The van der Waals surface area contributed by atoms with Crippen LogP contribution in [0.25, 0.3) is 16.9 Å². The summed E-state index contributed by atoms with van der Waals surface area (Å²) in [4.78, 5) is 17.3. The van der Waals surface area contributed by atoms with Gasteiger partial charge in [-0.15, -0.1) is 0 Å². The maximum atomic E-state index is 13.0. The van der Waals surface area contributed by atoms with Crippen LogP contribution in [0.3, 0.4) is 0 Å². The van der Waals surface area contributed by atoms with Crippen molar-refractivity contribution in [1.82, 2.24) is 24.4 Å². The van der Waals surface area contributed by atoms with Crippen molar-refractivity contribution < 1.29 is 14.6 Å². The van der Waals surface area contributed by atoms with Gasteiger partial charge in [0.1, 0.15) is 17.0 Å². The van der Waals surface area contributed by atoms with Gasteiger partial charge in [0.25, 0.3) is 5.91 Å². The van der Waals surface area contributed by atoms with Crippen molar-refractivity contribution in [2.75, 3.05) is 12.4 Å². The number of benzene rings is 1. The molecule has 2 N–H and O–H groups in total. The fourth-order valence-corrected chi connectivity index (χ4v) is 3.36. The fourth-order valence-electron chi connectivity index (χ4n) is 3.19. The molecule has 9 nitrogen and oxygen atoms in total. The molecule has 4 aromatic rings. The smallest absolute Gasteiger partial charge is 0.261 e. The molecular weight excluding hydrogens is 420 g/mol. The maximum Gasteiger partial charge on any atom is 0.261 e. The van der Waals surface area contributed by atoms with Gasteiger partial charge in [0.05, 0.1) is 31.6 Å². The molecule has 1 atom stereocenters. The lowest BCUT2D eigenvalue weighted by Gasteiger charge is -2.09. The number of fused-ring (bicyclic) bond motifs is 1. The van der Waals surface area contributed by atoms with E-state index in [-0.39, 0.29) is 12.5 Å². The minimum absolute atomic E-state index is 0.278. The van der Waals surface area contributed by atoms with Crippen LogP contribution >= 0.6 is 11.6 Å². The van der Waals surface area contributed by atoms with Crippen molar-refractivity contribution in [3.05, 3.63) is 59.6 Å². The topological polar surface area (TPSA) is 107 Å². The van der Waals surface area contributed by atoms with E-state index < -0.39 is 6.10 Å². The summed E-state index contributed by atoms with van der Waals surface area (Å²) in [7, 11) is 1.55. The summed E-state index contributed by atoms with van der Waals surface area (Å²) in [5, 5.41) is 22.2. The molecule has 4 rings (SSSR count). The number of aromatic nitrogens is 5. The number of methoxy groups -OCH3 is 1. The molecule has 0 radical (unpaired) electrons. The molecule has 1 aromatic carbocycles. The molecule has 0 aliphatic heterocycles. The molecule has 3 heterocycles. The normalized spacial score (nSPS) is 12.1. The van der Waals surface area contributed by atoms with Gasteiger partial charge in [0, 0.05) is 29.2 Å². The number of hydrogen-bond donors (Lipinski definition) is 2. The number of carbonyl (C=O) groups excluding carboxylic acids is 1. The molecule has 0 aliphatic carbocycles. The maximum absolute atomic E-state index is 13.0. The van der Waals surface area contributed by atoms with Gasteiger partial charge in [0.15, 0.2) is 5.65 Å². The zero-order valence-corrected chi connectivity index (χ0v) is 17.7. The van der Waals surface area contributed by atoms with Gasteiger partial charge in [-0.2, -0.15) is 10.2 Å². The first-order valence-corrected chi connectivity index (χ1v) is 10.1. The van der Waals surface area contributed by atoms with E-state index in [0.717, 1.165) is 0 Å². The van der Waals surface area contributed by atoms with Crippen molar-refractivity contribution in [2.24, 2.45) is 0 Å². The average molecular weight is 441 g/mol. The second-order valence-corrected chi connectivity index (χ2v) is 7.36. The lowest BCUT2D eigenvalue weighted by Crippen LogP contribution is -2.15. The number of nitrogens with zero attached hydrogens (tertiary/aromatic N) is 5. The zero-order chi connectivity index (χ0) is 22.0. The minimum Gasteiger partial charge on any atom is -0.496 e. The van der Waals surface area contributed by atoms with Crippen LogP contribution in [-0.4, -0.2) is 48.6 Å². The molecule has 0 aliphatic rings. The molecule has 31 heavy (non-hydrogen) atoms. The van der Waals surface area contributed by atoms with Gasteiger partial charge in [-0.05, 0) is 30.7 Å². The van der Waals surface area contributed by atoms with Gasteiger partial charge >= 0.3 is 0 Å². The van der Waals surface area contributed by atoms with Gasteiger partial charge in [-0.1, -0.05) is 18.5 Å². The second kappa shape index (κ2) is 8.75. The molecule has 3 aromatic heterocycles. The number of nitrogens with one attached hydrogen (secondary N) is 1. The number of amides is 1. The van der Waals surface area contributed by atoms with Crippen LogP contribution in [0, 0.1) is 0 Å². The highest BCUT2D eigenvalue weighted by molar-refractivity contribution is 6.31. The Balaban J connectivity index is 1.75. The molecule has 10 heteroatoms. The Bertz CT molecular complexity index is 1240. The van der Waals surface area contributed by atoms with Crippen LogP contribution in [-0.2, 0) is 6.54 Å². The third-order valence-electron chi connectivity index (χ3n) is 4.82. The van der Waals surface area contributed by atoms with Gasteiger partial charge in [-0.25, -0.2) is 9.50 Å². The first kappa shape index (κ1) is 20.8. The first-order valence-electron chi connectivity index (χ1n) is 9.69. The van der Waals surface area contributed by atoms with E-state index >= 15 is 0 Å². The lowest BCUT2D eigenvalue weighted by atomic mass is 10.1. The van der Waals surface area contributed by atoms with E-state index in [2.05, 4.69) is 20.5 Å². The summed E-state index contributed by atoms with van der Waals surface area (Å²) in [6.07, 6.45) is 6.45. The van der Waals surface area contributed by atoms with Crippen LogP contribution in [0.15, 0.2) is 49.1 Å². The van der Waals surface area contributed by atoms with Crippen molar-refractivity contribution in [2.45, 2.75) is 26.0 Å². The average Bonchev–Trinajstić information content (AvgIpc) is 3.37. The summed E-state index contributed by atoms with van der Waals surface area (Å²) in [6, 6.07) is 6.90. The van der Waals surface area contributed by atoms with Crippen molar-refractivity contribution in [3.63, 3.8) is 0 Å². The van der Waals surface area contributed by atoms with Crippen LogP contribution in [0.5, 0.6) is 5.75 Å². The SMILES string of the molecule is CCC(O)Cn1cc(NC(=O)c2cnn3cccnc23)c(-c2cc(Cl)ccc2OC)n1. The van der Waals surface area contributed by atoms with E-state index in [1.807, 2.05) is 6.92 Å². The van der Waals surface area contributed by atoms with Gasteiger partial charge < -0.3 is 15.2 Å². The van der Waals surface area contributed by atoms with Gasteiger partial charge in [-0.3, -0.25) is 9.48 Å². The predicted molar refractivity (Wildman–Crippen MR) is 116 cm³/mol. The summed E-state index contributed by atoms with van der Waals surface area (Å²) in [5.74, 6) is 0.172. The molecule has 0 saturated carbocycles. The molecule has 1 unspecified atom stereocenters. The zero-order valence-electron chi connectivity index (χ0n) is 17.0. The number of rotatable bonds is 7. The Hall–Kier alpha value is -3.43.